The Labute approximate surface area is 112 Å². The summed E-state index contributed by atoms with van der Waals surface area (Å²) in [7, 11) is 0. The van der Waals surface area contributed by atoms with Crippen molar-refractivity contribution in [3.05, 3.63) is 19.8 Å². The summed E-state index contributed by atoms with van der Waals surface area (Å²) in [6, 6.07) is 1.66. The number of hydrogen-bond acceptors (Lipinski definition) is 4. The van der Waals surface area contributed by atoms with E-state index < -0.39 is 0 Å². The number of halogens is 2. The van der Waals surface area contributed by atoms with E-state index in [1.54, 1.807) is 6.92 Å². The first-order valence-corrected chi connectivity index (χ1v) is 6.89. The van der Waals surface area contributed by atoms with E-state index in [0.717, 1.165) is 8.66 Å². The first kappa shape index (κ1) is 14.0. The molecule has 1 unspecified atom stereocenters. The highest BCUT2D eigenvalue weighted by Crippen LogP contribution is 2.35. The second-order valence-electron chi connectivity index (χ2n) is 3.22. The Morgan fingerprint density at radius 2 is 2.44 bits per heavy atom. The van der Waals surface area contributed by atoms with E-state index in [1.165, 1.54) is 11.3 Å². The van der Waals surface area contributed by atoms with Gasteiger partial charge in [-0.1, -0.05) is 11.6 Å². The predicted molar refractivity (Wildman–Crippen MR) is 69.8 cm³/mol. The summed E-state index contributed by atoms with van der Waals surface area (Å²) < 4.78 is 5.70. The van der Waals surface area contributed by atoms with Gasteiger partial charge in [0.2, 0.25) is 0 Å². The SMILES string of the molecule is CCOC(=O)CCC(N)c1cc(Cl)c(Br)s1. The summed E-state index contributed by atoms with van der Waals surface area (Å²) in [4.78, 5) is 12.1. The quantitative estimate of drug-likeness (QED) is 0.842. The average Bonchev–Trinajstić information content (AvgIpc) is 2.56. The van der Waals surface area contributed by atoms with E-state index in [1.807, 2.05) is 6.07 Å². The van der Waals surface area contributed by atoms with Gasteiger partial charge in [-0.3, -0.25) is 4.79 Å². The van der Waals surface area contributed by atoms with Gasteiger partial charge >= 0.3 is 5.97 Å². The minimum absolute atomic E-state index is 0.168. The third kappa shape index (κ3) is 4.05. The monoisotopic (exact) mass is 325 g/mol. The Morgan fingerprint density at radius 1 is 1.75 bits per heavy atom. The van der Waals surface area contributed by atoms with Crippen LogP contribution in [0.1, 0.15) is 30.7 Å². The van der Waals surface area contributed by atoms with Gasteiger partial charge in [0.05, 0.1) is 15.4 Å². The number of carbonyl (C=O) groups excluding carboxylic acids is 1. The second kappa shape index (κ2) is 6.59. The third-order valence-corrected chi connectivity index (χ3v) is 4.60. The Hall–Kier alpha value is -0.100. The van der Waals surface area contributed by atoms with E-state index in [4.69, 9.17) is 22.1 Å². The van der Waals surface area contributed by atoms with Gasteiger partial charge in [0.15, 0.2) is 0 Å². The third-order valence-electron chi connectivity index (χ3n) is 1.99. The lowest BCUT2D eigenvalue weighted by molar-refractivity contribution is -0.143. The average molecular weight is 327 g/mol. The smallest absolute Gasteiger partial charge is 0.305 e. The molecule has 16 heavy (non-hydrogen) atoms. The first-order valence-electron chi connectivity index (χ1n) is 4.90. The molecule has 0 aliphatic rings. The maximum absolute atomic E-state index is 11.1. The van der Waals surface area contributed by atoms with Crippen molar-refractivity contribution in [3.8, 4) is 0 Å². The first-order chi connectivity index (χ1) is 7.54. The maximum Gasteiger partial charge on any atom is 0.305 e. The highest BCUT2D eigenvalue weighted by molar-refractivity contribution is 9.11. The summed E-state index contributed by atoms with van der Waals surface area (Å²) in [5, 5.41) is 0.659. The molecule has 0 saturated heterocycles. The number of thiophene rings is 1. The van der Waals surface area contributed by atoms with Gasteiger partial charge in [-0.15, -0.1) is 11.3 Å². The molecular formula is C10H13BrClNO2S. The largest absolute Gasteiger partial charge is 0.466 e. The molecule has 1 heterocycles. The minimum atomic E-state index is -0.209. The number of esters is 1. The van der Waals surface area contributed by atoms with Crippen molar-refractivity contribution in [1.82, 2.24) is 0 Å². The maximum atomic E-state index is 11.1. The van der Waals surface area contributed by atoms with Crippen molar-refractivity contribution in [3.63, 3.8) is 0 Å². The Kier molecular flexibility index (Phi) is 5.75. The molecule has 0 aromatic carbocycles. The molecule has 0 bridgehead atoms. The molecule has 2 N–H and O–H groups in total. The van der Waals surface area contributed by atoms with Crippen LogP contribution in [-0.4, -0.2) is 12.6 Å². The van der Waals surface area contributed by atoms with Gasteiger partial charge in [-0.05, 0) is 35.3 Å². The molecule has 6 heteroatoms. The van der Waals surface area contributed by atoms with Crippen molar-refractivity contribution >= 4 is 44.8 Å². The summed E-state index contributed by atoms with van der Waals surface area (Å²) >= 11 is 10.7. The molecule has 90 valence electrons. The standard InChI is InChI=1S/C10H13BrClNO2S/c1-2-15-9(14)4-3-7(13)8-5-6(12)10(11)16-8/h5,7H,2-4,13H2,1H3. The lowest BCUT2D eigenvalue weighted by Gasteiger charge is -2.08. The number of hydrogen-bond donors (Lipinski definition) is 1. The van der Waals surface area contributed by atoms with Gasteiger partial charge in [-0.2, -0.15) is 0 Å². The summed E-state index contributed by atoms with van der Waals surface area (Å²) in [6.45, 7) is 2.19. The Balaban J connectivity index is 2.46. The van der Waals surface area contributed by atoms with Crippen molar-refractivity contribution < 1.29 is 9.53 Å². The van der Waals surface area contributed by atoms with Gasteiger partial charge in [0, 0.05) is 17.3 Å². The molecule has 0 fully saturated rings. The van der Waals surface area contributed by atoms with Crippen LogP contribution < -0.4 is 5.73 Å². The summed E-state index contributed by atoms with van der Waals surface area (Å²) in [5.74, 6) is -0.209. The van der Waals surface area contributed by atoms with Crippen molar-refractivity contribution in [1.29, 1.82) is 0 Å². The van der Waals surface area contributed by atoms with Crippen molar-refractivity contribution in [2.24, 2.45) is 5.73 Å². The molecule has 0 saturated carbocycles. The van der Waals surface area contributed by atoms with Crippen LogP contribution in [0.15, 0.2) is 9.85 Å². The number of ether oxygens (including phenoxy) is 1. The van der Waals surface area contributed by atoms with Gasteiger partial charge in [-0.25, -0.2) is 0 Å². The van der Waals surface area contributed by atoms with Crippen LogP contribution in [0.4, 0.5) is 0 Å². The lowest BCUT2D eigenvalue weighted by Crippen LogP contribution is -2.12. The molecule has 0 spiro atoms. The van der Waals surface area contributed by atoms with Crippen LogP contribution >= 0.6 is 38.9 Å². The molecule has 0 aliphatic carbocycles. The molecule has 0 aliphatic heterocycles. The van der Waals surface area contributed by atoms with Crippen LogP contribution in [0, 0.1) is 0 Å². The second-order valence-corrected chi connectivity index (χ2v) is 6.03. The molecule has 3 nitrogen and oxygen atoms in total. The van der Waals surface area contributed by atoms with E-state index in [2.05, 4.69) is 15.9 Å². The highest BCUT2D eigenvalue weighted by atomic mass is 79.9. The molecule has 1 aromatic heterocycles. The van der Waals surface area contributed by atoms with E-state index >= 15 is 0 Å². The molecule has 1 aromatic rings. The molecule has 1 rings (SSSR count). The molecule has 1 atom stereocenters. The zero-order chi connectivity index (χ0) is 12.1. The van der Waals surface area contributed by atoms with Crippen LogP contribution in [-0.2, 0) is 9.53 Å². The lowest BCUT2D eigenvalue weighted by atomic mass is 10.1. The summed E-state index contributed by atoms with van der Waals surface area (Å²) in [6.07, 6.45) is 0.907. The number of carbonyl (C=O) groups is 1. The van der Waals surface area contributed by atoms with Crippen molar-refractivity contribution in [2.75, 3.05) is 6.61 Å². The minimum Gasteiger partial charge on any atom is -0.466 e. The fourth-order valence-electron chi connectivity index (χ4n) is 1.19. The van der Waals surface area contributed by atoms with E-state index in [0.29, 0.717) is 24.5 Å². The molecule has 0 radical (unpaired) electrons. The molecule has 0 amide bonds. The fraction of sp³-hybridized carbons (Fsp3) is 0.500. The number of nitrogens with two attached hydrogens (primary N) is 1. The fourth-order valence-corrected chi connectivity index (χ4v) is 2.98. The van der Waals surface area contributed by atoms with Gasteiger partial charge in [0.1, 0.15) is 0 Å². The van der Waals surface area contributed by atoms with Gasteiger partial charge in [0.25, 0.3) is 0 Å². The van der Waals surface area contributed by atoms with Crippen LogP contribution in [0.2, 0.25) is 5.02 Å². The highest BCUT2D eigenvalue weighted by Gasteiger charge is 2.13. The normalized spacial score (nSPS) is 12.5. The van der Waals surface area contributed by atoms with Gasteiger partial charge < -0.3 is 10.5 Å². The zero-order valence-electron chi connectivity index (χ0n) is 8.83. The van der Waals surface area contributed by atoms with Crippen LogP contribution in [0.3, 0.4) is 0 Å². The van der Waals surface area contributed by atoms with Crippen LogP contribution in [0.25, 0.3) is 0 Å². The van der Waals surface area contributed by atoms with E-state index in [9.17, 15) is 4.79 Å². The van der Waals surface area contributed by atoms with Crippen molar-refractivity contribution in [2.45, 2.75) is 25.8 Å². The summed E-state index contributed by atoms with van der Waals surface area (Å²) in [5.41, 5.74) is 5.94. The number of rotatable bonds is 5. The Bertz CT molecular complexity index is 350. The van der Waals surface area contributed by atoms with Crippen LogP contribution in [0.5, 0.6) is 0 Å². The Morgan fingerprint density at radius 3 is 2.94 bits per heavy atom. The van der Waals surface area contributed by atoms with E-state index in [-0.39, 0.29) is 12.0 Å². The topological polar surface area (TPSA) is 52.3 Å². The zero-order valence-corrected chi connectivity index (χ0v) is 12.0. The predicted octanol–water partition coefficient (Wildman–Crippen LogP) is 3.51. The molecular weight excluding hydrogens is 314 g/mol.